The second-order valence-corrected chi connectivity index (χ2v) is 4.97. The topological polar surface area (TPSA) is 70.3 Å². The molecular weight excluding hydrogens is 278 g/mol. The van der Waals surface area contributed by atoms with Gasteiger partial charge < -0.3 is 15.5 Å². The van der Waals surface area contributed by atoms with Crippen molar-refractivity contribution in [3.05, 3.63) is 46.7 Å². The van der Waals surface area contributed by atoms with Gasteiger partial charge in [0.2, 0.25) is 0 Å². The third-order valence-electron chi connectivity index (χ3n) is 3.12. The molecule has 0 fully saturated rings. The van der Waals surface area contributed by atoms with Gasteiger partial charge in [-0.1, -0.05) is 29.8 Å². The van der Waals surface area contributed by atoms with E-state index in [9.17, 15) is 10.2 Å². The van der Waals surface area contributed by atoms with Crippen LogP contribution < -0.4 is 5.32 Å². The fourth-order valence-corrected chi connectivity index (χ4v) is 2.48. The molecule has 5 nitrogen and oxygen atoms in total. The molecule has 0 aliphatic rings. The lowest BCUT2D eigenvalue weighted by molar-refractivity contribution is 0.0199. The maximum atomic E-state index is 10.2. The Balaban J connectivity index is 2.39. The number of aliphatic hydroxyl groups is 2. The minimum absolute atomic E-state index is 0.271. The number of hydrogen-bond donors (Lipinski definition) is 3. The van der Waals surface area contributed by atoms with Gasteiger partial charge in [-0.2, -0.15) is 5.10 Å². The van der Waals surface area contributed by atoms with Crippen molar-refractivity contribution in [2.24, 2.45) is 0 Å². The highest BCUT2D eigenvalue weighted by Crippen LogP contribution is 2.30. The minimum Gasteiger partial charge on any atom is -0.389 e. The number of nitrogens with zero attached hydrogens (tertiary/aromatic N) is 2. The molecule has 0 radical (unpaired) electrons. The van der Waals surface area contributed by atoms with Gasteiger partial charge in [0.05, 0.1) is 17.5 Å². The van der Waals surface area contributed by atoms with Crippen LogP contribution in [0.1, 0.15) is 17.4 Å². The van der Waals surface area contributed by atoms with Crippen LogP contribution >= 0.6 is 11.6 Å². The Morgan fingerprint density at radius 2 is 1.95 bits per heavy atom. The number of benzene rings is 1. The molecule has 1 heterocycles. The van der Waals surface area contributed by atoms with E-state index in [1.165, 1.54) is 0 Å². The average Bonchev–Trinajstić information content (AvgIpc) is 2.74. The molecule has 3 N–H and O–H groups in total. The summed E-state index contributed by atoms with van der Waals surface area (Å²) in [6.07, 6.45) is -2.02. The predicted molar refractivity (Wildman–Crippen MR) is 78.2 cm³/mol. The van der Waals surface area contributed by atoms with Crippen LogP contribution in [-0.4, -0.2) is 39.7 Å². The van der Waals surface area contributed by atoms with Gasteiger partial charge in [-0.25, -0.2) is 4.68 Å². The lowest BCUT2D eigenvalue weighted by Gasteiger charge is -2.17. The van der Waals surface area contributed by atoms with Crippen molar-refractivity contribution in [1.29, 1.82) is 0 Å². The smallest absolute Gasteiger partial charge is 0.139 e. The van der Waals surface area contributed by atoms with Crippen molar-refractivity contribution < 1.29 is 10.2 Å². The Labute approximate surface area is 122 Å². The summed E-state index contributed by atoms with van der Waals surface area (Å²) in [6, 6.07) is 9.42. The van der Waals surface area contributed by atoms with Crippen LogP contribution in [0, 0.1) is 6.92 Å². The zero-order valence-electron chi connectivity index (χ0n) is 11.4. The van der Waals surface area contributed by atoms with Crippen molar-refractivity contribution >= 4 is 11.6 Å². The molecule has 1 aromatic heterocycles. The monoisotopic (exact) mass is 295 g/mol. The number of nitrogens with one attached hydrogen (secondary N) is 1. The van der Waals surface area contributed by atoms with E-state index >= 15 is 0 Å². The zero-order chi connectivity index (χ0) is 14.7. The van der Waals surface area contributed by atoms with Crippen molar-refractivity contribution in [2.75, 3.05) is 13.6 Å². The maximum absolute atomic E-state index is 10.2. The van der Waals surface area contributed by atoms with E-state index in [4.69, 9.17) is 11.6 Å². The first-order valence-electron chi connectivity index (χ1n) is 6.37. The van der Waals surface area contributed by atoms with Crippen LogP contribution in [0.4, 0.5) is 0 Å². The van der Waals surface area contributed by atoms with E-state index < -0.39 is 12.2 Å². The zero-order valence-corrected chi connectivity index (χ0v) is 12.2. The first-order chi connectivity index (χ1) is 9.56. The summed E-state index contributed by atoms with van der Waals surface area (Å²) in [4.78, 5) is 0. The molecule has 0 amide bonds. The van der Waals surface area contributed by atoms with Crippen molar-refractivity contribution in [2.45, 2.75) is 19.1 Å². The van der Waals surface area contributed by atoms with E-state index in [1.54, 1.807) is 18.7 Å². The number of rotatable bonds is 5. The molecule has 2 unspecified atom stereocenters. The number of para-hydroxylation sites is 1. The summed E-state index contributed by atoms with van der Waals surface area (Å²) in [5.74, 6) is 0. The quantitative estimate of drug-likeness (QED) is 0.781. The van der Waals surface area contributed by atoms with E-state index in [2.05, 4.69) is 10.4 Å². The van der Waals surface area contributed by atoms with Gasteiger partial charge >= 0.3 is 0 Å². The van der Waals surface area contributed by atoms with Crippen LogP contribution in [0.5, 0.6) is 0 Å². The Bertz CT molecular complexity index is 571. The molecule has 0 aliphatic carbocycles. The lowest BCUT2D eigenvalue weighted by Crippen LogP contribution is -2.29. The van der Waals surface area contributed by atoms with E-state index in [-0.39, 0.29) is 6.54 Å². The molecular formula is C14H18ClN3O2. The van der Waals surface area contributed by atoms with Gasteiger partial charge in [-0.15, -0.1) is 0 Å². The fourth-order valence-electron chi connectivity index (χ4n) is 2.10. The van der Waals surface area contributed by atoms with Crippen LogP contribution in [0.3, 0.4) is 0 Å². The van der Waals surface area contributed by atoms with Gasteiger partial charge in [0, 0.05) is 12.1 Å². The lowest BCUT2D eigenvalue weighted by atomic mass is 10.1. The third-order valence-corrected chi connectivity index (χ3v) is 3.49. The molecule has 2 aromatic rings. The number of halogens is 1. The van der Waals surface area contributed by atoms with Gasteiger partial charge in [0.15, 0.2) is 0 Å². The summed E-state index contributed by atoms with van der Waals surface area (Å²) in [7, 11) is 1.71. The Morgan fingerprint density at radius 3 is 2.55 bits per heavy atom. The van der Waals surface area contributed by atoms with Crippen molar-refractivity contribution in [3.8, 4) is 5.69 Å². The molecule has 2 rings (SSSR count). The molecule has 20 heavy (non-hydrogen) atoms. The van der Waals surface area contributed by atoms with Crippen LogP contribution in [0.25, 0.3) is 5.69 Å². The maximum Gasteiger partial charge on any atom is 0.139 e. The summed E-state index contributed by atoms with van der Waals surface area (Å²) in [6.45, 7) is 2.03. The van der Waals surface area contributed by atoms with Gasteiger partial charge in [0.25, 0.3) is 0 Å². The van der Waals surface area contributed by atoms with Crippen LogP contribution in [0.15, 0.2) is 30.3 Å². The van der Waals surface area contributed by atoms with Crippen LogP contribution in [-0.2, 0) is 0 Å². The SMILES string of the molecule is CNCC(O)C(O)c1c(C)nn(-c2ccccc2)c1Cl. The van der Waals surface area contributed by atoms with E-state index in [1.807, 2.05) is 30.3 Å². The number of aryl methyl sites for hydroxylation is 1. The van der Waals surface area contributed by atoms with Gasteiger partial charge in [-0.3, -0.25) is 0 Å². The Hall–Kier alpha value is -1.40. The Morgan fingerprint density at radius 1 is 1.30 bits per heavy atom. The van der Waals surface area contributed by atoms with Gasteiger partial charge in [0.1, 0.15) is 11.3 Å². The number of aliphatic hydroxyl groups excluding tert-OH is 2. The van der Waals surface area contributed by atoms with Crippen molar-refractivity contribution in [1.82, 2.24) is 15.1 Å². The predicted octanol–water partition coefficient (Wildman–Crippen LogP) is 1.45. The fraction of sp³-hybridized carbons (Fsp3) is 0.357. The molecule has 1 aromatic carbocycles. The largest absolute Gasteiger partial charge is 0.389 e. The number of hydrogen-bond acceptors (Lipinski definition) is 4. The van der Waals surface area contributed by atoms with Crippen molar-refractivity contribution in [3.63, 3.8) is 0 Å². The van der Waals surface area contributed by atoms with Crippen LogP contribution in [0.2, 0.25) is 5.15 Å². The molecule has 0 spiro atoms. The summed E-state index contributed by atoms with van der Waals surface area (Å²) in [5, 5.41) is 27.6. The van der Waals surface area contributed by atoms with E-state index in [0.29, 0.717) is 16.4 Å². The molecule has 2 atom stereocenters. The number of aromatic nitrogens is 2. The van der Waals surface area contributed by atoms with E-state index in [0.717, 1.165) is 5.69 Å². The highest BCUT2D eigenvalue weighted by molar-refractivity contribution is 6.30. The molecule has 0 aliphatic heterocycles. The molecule has 0 saturated heterocycles. The van der Waals surface area contributed by atoms with Gasteiger partial charge in [-0.05, 0) is 26.1 Å². The Kier molecular flexibility index (Phi) is 4.77. The highest BCUT2D eigenvalue weighted by atomic mass is 35.5. The third kappa shape index (κ3) is 2.86. The summed E-state index contributed by atoms with van der Waals surface area (Å²) >= 11 is 6.31. The second kappa shape index (κ2) is 6.37. The molecule has 6 heteroatoms. The molecule has 0 saturated carbocycles. The minimum atomic E-state index is -1.08. The summed E-state index contributed by atoms with van der Waals surface area (Å²) < 4.78 is 1.56. The molecule has 108 valence electrons. The average molecular weight is 296 g/mol. The molecule has 0 bridgehead atoms. The standard InChI is InChI=1S/C14H18ClN3O2/c1-9-12(13(20)11(19)8-16-2)14(15)18(17-9)10-6-4-3-5-7-10/h3-7,11,13,16,19-20H,8H2,1-2H3. The summed E-state index contributed by atoms with van der Waals surface area (Å²) in [5.41, 5.74) is 1.86. The highest BCUT2D eigenvalue weighted by Gasteiger charge is 2.26. The second-order valence-electron chi connectivity index (χ2n) is 4.61. The number of likely N-dealkylation sites (N-methyl/N-ethyl adjacent to an activating group) is 1. The first-order valence-corrected chi connectivity index (χ1v) is 6.75. The first kappa shape index (κ1) is 15.0. The normalized spacial score (nSPS) is 14.2.